The monoisotopic (exact) mass is 307 g/mol. The van der Waals surface area contributed by atoms with Crippen molar-refractivity contribution in [3.8, 4) is 0 Å². The largest absolute Gasteiger partial charge is 0.365 e. The topological polar surface area (TPSA) is 114 Å². The molecule has 0 spiro atoms. The third kappa shape index (κ3) is 3.11. The van der Waals surface area contributed by atoms with Gasteiger partial charge in [-0.15, -0.1) is 0 Å². The van der Waals surface area contributed by atoms with Gasteiger partial charge in [-0.1, -0.05) is 11.6 Å². The summed E-state index contributed by atoms with van der Waals surface area (Å²) in [4.78, 5) is 15.6. The number of aromatic nitrogens is 1. The van der Waals surface area contributed by atoms with Gasteiger partial charge >= 0.3 is 5.69 Å². The Balaban J connectivity index is 2.14. The SMILES string of the molecule is O=[N+]([O-])c1c(N2CC(CS(=O)(=O)O)C2)ccnc1Cl. The van der Waals surface area contributed by atoms with Crippen molar-refractivity contribution in [2.24, 2.45) is 5.92 Å². The van der Waals surface area contributed by atoms with Crippen LogP contribution in [0.3, 0.4) is 0 Å². The average molecular weight is 308 g/mol. The first kappa shape index (κ1) is 14.0. The van der Waals surface area contributed by atoms with Crippen LogP contribution in [-0.4, -0.2) is 41.7 Å². The first-order valence-electron chi connectivity index (χ1n) is 5.27. The van der Waals surface area contributed by atoms with Gasteiger partial charge in [0.15, 0.2) is 0 Å². The van der Waals surface area contributed by atoms with Gasteiger partial charge in [-0.2, -0.15) is 8.42 Å². The van der Waals surface area contributed by atoms with E-state index in [1.54, 1.807) is 4.90 Å². The molecule has 0 radical (unpaired) electrons. The lowest BCUT2D eigenvalue weighted by atomic mass is 10.0. The number of nitro groups is 1. The summed E-state index contributed by atoms with van der Waals surface area (Å²) in [5.74, 6) is -0.600. The lowest BCUT2D eigenvalue weighted by Gasteiger charge is -2.39. The second kappa shape index (κ2) is 4.91. The molecule has 1 aromatic rings. The van der Waals surface area contributed by atoms with Crippen LogP contribution in [0.1, 0.15) is 0 Å². The van der Waals surface area contributed by atoms with E-state index in [1.807, 2.05) is 0 Å². The molecule has 1 aliphatic heterocycles. The minimum Gasteiger partial charge on any atom is -0.365 e. The lowest BCUT2D eigenvalue weighted by Crippen LogP contribution is -2.49. The van der Waals surface area contributed by atoms with Crippen LogP contribution in [0, 0.1) is 16.0 Å². The van der Waals surface area contributed by atoms with Crippen LogP contribution >= 0.6 is 11.6 Å². The van der Waals surface area contributed by atoms with Crippen molar-refractivity contribution in [3.05, 3.63) is 27.5 Å². The first-order valence-corrected chi connectivity index (χ1v) is 7.25. The molecule has 1 saturated heterocycles. The Bertz CT molecular complexity index is 614. The molecule has 0 bridgehead atoms. The second-order valence-corrected chi connectivity index (χ2v) is 6.10. The predicted octanol–water partition coefficient (Wildman–Crippen LogP) is 0.967. The number of halogens is 1. The zero-order chi connectivity index (χ0) is 14.2. The Morgan fingerprint density at radius 2 is 2.21 bits per heavy atom. The minimum absolute atomic E-state index is 0.208. The Morgan fingerprint density at radius 3 is 2.74 bits per heavy atom. The normalized spacial score (nSPS) is 16.2. The smallest absolute Gasteiger partial charge is 0.329 e. The molecule has 1 fully saturated rings. The fourth-order valence-electron chi connectivity index (χ4n) is 2.01. The quantitative estimate of drug-likeness (QED) is 0.381. The van der Waals surface area contributed by atoms with E-state index in [9.17, 15) is 18.5 Å². The van der Waals surface area contributed by atoms with Gasteiger partial charge in [-0.05, 0) is 6.07 Å². The van der Waals surface area contributed by atoms with Crippen LogP contribution in [0.2, 0.25) is 5.15 Å². The van der Waals surface area contributed by atoms with Gasteiger partial charge in [-0.3, -0.25) is 14.7 Å². The lowest BCUT2D eigenvalue weighted by molar-refractivity contribution is -0.384. The highest BCUT2D eigenvalue weighted by Gasteiger charge is 2.35. The molecule has 0 aliphatic carbocycles. The maximum atomic E-state index is 10.9. The van der Waals surface area contributed by atoms with Crippen molar-refractivity contribution in [2.45, 2.75) is 0 Å². The predicted molar refractivity (Wildman–Crippen MR) is 68.0 cm³/mol. The van der Waals surface area contributed by atoms with Gasteiger partial charge < -0.3 is 4.90 Å². The van der Waals surface area contributed by atoms with Gasteiger partial charge in [-0.25, -0.2) is 4.98 Å². The molecule has 0 amide bonds. The molecule has 0 unspecified atom stereocenters. The van der Waals surface area contributed by atoms with Crippen LogP contribution in [0.4, 0.5) is 11.4 Å². The molecule has 1 aromatic heterocycles. The molecule has 0 saturated carbocycles. The summed E-state index contributed by atoms with van der Waals surface area (Å²) in [6.45, 7) is 0.613. The Kier molecular flexibility index (Phi) is 3.61. The highest BCUT2D eigenvalue weighted by molar-refractivity contribution is 7.85. The number of anilines is 1. The molecule has 2 heterocycles. The second-order valence-electron chi connectivity index (χ2n) is 4.25. The molecular weight excluding hydrogens is 298 g/mol. The Morgan fingerprint density at radius 1 is 1.58 bits per heavy atom. The van der Waals surface area contributed by atoms with Crippen molar-refractivity contribution in [1.82, 2.24) is 4.98 Å². The van der Waals surface area contributed by atoms with Crippen LogP contribution in [0.15, 0.2) is 12.3 Å². The van der Waals surface area contributed by atoms with Gasteiger partial charge in [0.25, 0.3) is 10.1 Å². The van der Waals surface area contributed by atoms with Crippen molar-refractivity contribution < 1.29 is 17.9 Å². The number of rotatable bonds is 4. The van der Waals surface area contributed by atoms with Gasteiger partial charge in [0.2, 0.25) is 5.15 Å². The number of hydrogen-bond donors (Lipinski definition) is 1. The summed E-state index contributed by atoms with van der Waals surface area (Å²) >= 11 is 5.68. The van der Waals surface area contributed by atoms with Gasteiger partial charge in [0.05, 0.1) is 10.7 Å². The summed E-state index contributed by atoms with van der Waals surface area (Å²) in [6.07, 6.45) is 1.35. The highest BCUT2D eigenvalue weighted by atomic mass is 35.5. The Hall–Kier alpha value is -1.45. The maximum absolute atomic E-state index is 10.9. The summed E-state index contributed by atoms with van der Waals surface area (Å²) in [6, 6.07) is 1.45. The van der Waals surface area contributed by atoms with E-state index >= 15 is 0 Å². The molecule has 8 nitrogen and oxygen atoms in total. The maximum Gasteiger partial charge on any atom is 0.329 e. The summed E-state index contributed by atoms with van der Waals surface area (Å²) in [7, 11) is -4.02. The fraction of sp³-hybridized carbons (Fsp3) is 0.444. The third-order valence-corrected chi connectivity index (χ3v) is 3.95. The molecule has 2 rings (SSSR count). The van der Waals surface area contributed by atoms with Crippen LogP contribution in [0.25, 0.3) is 0 Å². The molecule has 1 aliphatic rings. The molecule has 0 aromatic carbocycles. The van der Waals surface area contributed by atoms with E-state index in [-0.39, 0.29) is 22.5 Å². The van der Waals surface area contributed by atoms with Crippen LogP contribution in [-0.2, 0) is 10.1 Å². The zero-order valence-electron chi connectivity index (χ0n) is 9.56. The first-order chi connectivity index (χ1) is 8.78. The van der Waals surface area contributed by atoms with E-state index in [4.69, 9.17) is 16.2 Å². The van der Waals surface area contributed by atoms with Crippen LogP contribution in [0.5, 0.6) is 0 Å². The standard InChI is InChI=1S/C9H10ClN3O5S/c10-9-8(13(14)15)7(1-2-11-9)12-3-6(4-12)5-19(16,17)18/h1-2,6H,3-5H2,(H,16,17,18). The Labute approximate surface area is 113 Å². The summed E-state index contributed by atoms with van der Waals surface area (Å²) in [5.41, 5.74) is 0.00561. The number of hydrogen-bond acceptors (Lipinski definition) is 6. The summed E-state index contributed by atoms with van der Waals surface area (Å²) < 4.78 is 30.1. The number of nitrogens with zero attached hydrogens (tertiary/aromatic N) is 3. The van der Waals surface area contributed by atoms with E-state index in [2.05, 4.69) is 4.98 Å². The third-order valence-electron chi connectivity index (χ3n) is 2.79. The van der Waals surface area contributed by atoms with Crippen molar-refractivity contribution in [3.63, 3.8) is 0 Å². The van der Waals surface area contributed by atoms with Crippen LogP contribution < -0.4 is 4.90 Å². The molecule has 19 heavy (non-hydrogen) atoms. The zero-order valence-corrected chi connectivity index (χ0v) is 11.1. The summed E-state index contributed by atoms with van der Waals surface area (Å²) in [5, 5.41) is 10.7. The fourth-order valence-corrected chi connectivity index (χ4v) is 3.04. The minimum atomic E-state index is -4.02. The van der Waals surface area contributed by atoms with Crippen molar-refractivity contribution >= 4 is 33.1 Å². The van der Waals surface area contributed by atoms with E-state index < -0.39 is 15.0 Å². The molecular formula is C9H10ClN3O5S. The highest BCUT2D eigenvalue weighted by Crippen LogP contribution is 2.36. The van der Waals surface area contributed by atoms with Gasteiger partial charge in [0, 0.05) is 25.2 Å². The molecule has 10 heteroatoms. The van der Waals surface area contributed by atoms with E-state index in [0.29, 0.717) is 18.8 Å². The van der Waals surface area contributed by atoms with Crippen molar-refractivity contribution in [2.75, 3.05) is 23.7 Å². The number of pyridine rings is 1. The molecule has 0 atom stereocenters. The van der Waals surface area contributed by atoms with Crippen molar-refractivity contribution in [1.29, 1.82) is 0 Å². The molecule has 104 valence electrons. The van der Waals surface area contributed by atoms with E-state index in [0.717, 1.165) is 0 Å². The molecule has 1 N–H and O–H groups in total. The average Bonchev–Trinajstić information content (AvgIpc) is 2.20. The van der Waals surface area contributed by atoms with Gasteiger partial charge in [0.1, 0.15) is 5.69 Å². The van der Waals surface area contributed by atoms with E-state index in [1.165, 1.54) is 12.3 Å².